The third-order valence-electron chi connectivity index (χ3n) is 3.28. The van der Waals surface area contributed by atoms with Crippen molar-refractivity contribution >= 4 is 0 Å². The lowest BCUT2D eigenvalue weighted by atomic mass is 9.98. The van der Waals surface area contributed by atoms with E-state index in [9.17, 15) is 4.39 Å². The Kier molecular flexibility index (Phi) is 4.69. The third-order valence-corrected chi connectivity index (χ3v) is 3.28. The van der Waals surface area contributed by atoms with Crippen LogP contribution in [0.3, 0.4) is 0 Å². The molecule has 2 aromatic carbocycles. The maximum atomic E-state index is 12.9. The zero-order valence-corrected chi connectivity index (χ0v) is 11.5. The molecule has 0 saturated heterocycles. The van der Waals surface area contributed by atoms with Crippen LogP contribution in [0.4, 0.5) is 4.39 Å². The zero-order valence-electron chi connectivity index (χ0n) is 11.5. The van der Waals surface area contributed by atoms with Gasteiger partial charge < -0.3 is 5.32 Å². The lowest BCUT2D eigenvalue weighted by Crippen LogP contribution is -2.22. The first-order valence-corrected chi connectivity index (χ1v) is 6.73. The Morgan fingerprint density at radius 1 is 1.00 bits per heavy atom. The van der Waals surface area contributed by atoms with Gasteiger partial charge in [-0.2, -0.15) is 0 Å². The molecule has 0 aromatic heterocycles. The molecule has 2 rings (SSSR count). The Hall–Kier alpha value is -1.67. The summed E-state index contributed by atoms with van der Waals surface area (Å²) in [5.41, 5.74) is 3.69. The van der Waals surface area contributed by atoms with Crippen molar-refractivity contribution in [2.24, 2.45) is 0 Å². The van der Waals surface area contributed by atoms with Crippen molar-refractivity contribution in [3.63, 3.8) is 0 Å². The second-order valence-corrected chi connectivity index (χ2v) is 4.85. The monoisotopic (exact) mass is 257 g/mol. The molecule has 2 aromatic rings. The van der Waals surface area contributed by atoms with Gasteiger partial charge in [-0.25, -0.2) is 4.39 Å². The van der Waals surface area contributed by atoms with Crippen LogP contribution < -0.4 is 5.32 Å². The van der Waals surface area contributed by atoms with Gasteiger partial charge in [-0.15, -0.1) is 0 Å². The normalized spacial score (nSPS) is 12.4. The van der Waals surface area contributed by atoms with Crippen LogP contribution in [0.25, 0.3) is 0 Å². The minimum atomic E-state index is -0.181. The number of halogens is 1. The second-order valence-electron chi connectivity index (χ2n) is 4.85. The zero-order chi connectivity index (χ0) is 13.7. The maximum Gasteiger partial charge on any atom is 0.123 e. The van der Waals surface area contributed by atoms with Gasteiger partial charge in [0.25, 0.3) is 0 Å². The molecule has 0 bridgehead atoms. The van der Waals surface area contributed by atoms with Crippen LogP contribution in [0.15, 0.2) is 48.5 Å². The number of aryl methyl sites for hydroxylation is 1. The summed E-state index contributed by atoms with van der Waals surface area (Å²) >= 11 is 0. The molecule has 0 aliphatic carbocycles. The van der Waals surface area contributed by atoms with Gasteiger partial charge in [-0.3, -0.25) is 0 Å². The van der Waals surface area contributed by atoms with Gasteiger partial charge in [-0.1, -0.05) is 48.9 Å². The molecule has 0 saturated carbocycles. The fraction of sp³-hybridized carbons (Fsp3) is 0.294. The van der Waals surface area contributed by atoms with Crippen LogP contribution in [0.5, 0.6) is 0 Å². The third kappa shape index (κ3) is 3.90. The summed E-state index contributed by atoms with van der Waals surface area (Å²) < 4.78 is 12.9. The number of nitrogens with one attached hydrogen (secondary N) is 1. The molecule has 0 heterocycles. The molecule has 0 fully saturated rings. The molecule has 0 aliphatic heterocycles. The summed E-state index contributed by atoms with van der Waals surface area (Å²) in [7, 11) is 0. The molecule has 100 valence electrons. The Balaban J connectivity index is 2.15. The van der Waals surface area contributed by atoms with Crippen molar-refractivity contribution in [3.8, 4) is 0 Å². The van der Waals surface area contributed by atoms with E-state index in [1.807, 2.05) is 12.1 Å². The molecular formula is C17H20FN. The average Bonchev–Trinajstić information content (AvgIpc) is 2.42. The minimum Gasteiger partial charge on any atom is -0.310 e. The van der Waals surface area contributed by atoms with E-state index >= 15 is 0 Å². The number of benzene rings is 2. The molecule has 19 heavy (non-hydrogen) atoms. The van der Waals surface area contributed by atoms with Crippen LogP contribution in [0.2, 0.25) is 0 Å². The van der Waals surface area contributed by atoms with Gasteiger partial charge in [-0.05, 0) is 43.1 Å². The Morgan fingerprint density at radius 3 is 2.21 bits per heavy atom. The predicted molar refractivity (Wildman–Crippen MR) is 77.7 cm³/mol. The molecule has 1 nitrogen and oxygen atoms in total. The maximum absolute atomic E-state index is 12.9. The van der Waals surface area contributed by atoms with Crippen LogP contribution in [0, 0.1) is 12.7 Å². The summed E-state index contributed by atoms with van der Waals surface area (Å²) in [6, 6.07) is 15.6. The molecule has 0 radical (unpaired) electrons. The molecule has 0 aliphatic rings. The summed E-state index contributed by atoms with van der Waals surface area (Å²) in [6.07, 6.45) is 0.872. The molecule has 2 heteroatoms. The fourth-order valence-electron chi connectivity index (χ4n) is 2.21. The summed E-state index contributed by atoms with van der Waals surface area (Å²) in [6.45, 7) is 5.11. The molecule has 1 atom stereocenters. The highest BCUT2D eigenvalue weighted by Gasteiger charge is 2.10. The van der Waals surface area contributed by atoms with Crippen molar-refractivity contribution in [2.75, 3.05) is 6.54 Å². The van der Waals surface area contributed by atoms with Crippen molar-refractivity contribution in [2.45, 2.75) is 26.3 Å². The van der Waals surface area contributed by atoms with E-state index in [-0.39, 0.29) is 11.9 Å². The van der Waals surface area contributed by atoms with E-state index in [0.717, 1.165) is 18.5 Å². The van der Waals surface area contributed by atoms with Gasteiger partial charge >= 0.3 is 0 Å². The largest absolute Gasteiger partial charge is 0.310 e. The van der Waals surface area contributed by atoms with Gasteiger partial charge in [0.1, 0.15) is 5.82 Å². The number of likely N-dealkylation sites (N-methyl/N-ethyl adjacent to an activating group) is 1. The van der Waals surface area contributed by atoms with Gasteiger partial charge in [0.2, 0.25) is 0 Å². The van der Waals surface area contributed by atoms with Crippen molar-refractivity contribution in [1.29, 1.82) is 0 Å². The Bertz CT molecular complexity index is 502. The average molecular weight is 257 g/mol. The van der Waals surface area contributed by atoms with E-state index in [0.29, 0.717) is 0 Å². The standard InChI is InChI=1S/C17H20FN/c1-3-19-17(15-8-4-13(2)5-9-15)12-14-6-10-16(18)11-7-14/h4-11,17,19H,3,12H2,1-2H3. The lowest BCUT2D eigenvalue weighted by molar-refractivity contribution is 0.548. The first kappa shape index (κ1) is 13.8. The highest BCUT2D eigenvalue weighted by atomic mass is 19.1. The SMILES string of the molecule is CCNC(Cc1ccc(F)cc1)c1ccc(C)cc1. The van der Waals surface area contributed by atoms with Crippen molar-refractivity contribution < 1.29 is 4.39 Å². The van der Waals surface area contributed by atoms with Crippen LogP contribution in [-0.4, -0.2) is 6.54 Å². The predicted octanol–water partition coefficient (Wildman–Crippen LogP) is 4.03. The highest BCUT2D eigenvalue weighted by Crippen LogP contribution is 2.19. The first-order chi connectivity index (χ1) is 9.19. The summed E-state index contributed by atoms with van der Waals surface area (Å²) in [5, 5.41) is 3.49. The Morgan fingerprint density at radius 2 is 1.63 bits per heavy atom. The highest BCUT2D eigenvalue weighted by molar-refractivity contribution is 5.27. The van der Waals surface area contributed by atoms with E-state index in [4.69, 9.17) is 0 Å². The van der Waals surface area contributed by atoms with Crippen LogP contribution in [-0.2, 0) is 6.42 Å². The molecule has 0 spiro atoms. The first-order valence-electron chi connectivity index (χ1n) is 6.73. The van der Waals surface area contributed by atoms with Crippen LogP contribution in [0.1, 0.15) is 29.7 Å². The summed E-state index contributed by atoms with van der Waals surface area (Å²) in [5.74, 6) is -0.181. The smallest absolute Gasteiger partial charge is 0.123 e. The van der Waals surface area contributed by atoms with E-state index in [1.54, 1.807) is 0 Å². The number of rotatable bonds is 5. The van der Waals surface area contributed by atoms with Crippen molar-refractivity contribution in [1.82, 2.24) is 5.32 Å². The number of hydrogen-bond acceptors (Lipinski definition) is 1. The van der Waals surface area contributed by atoms with E-state index in [1.165, 1.54) is 23.3 Å². The summed E-state index contributed by atoms with van der Waals surface area (Å²) in [4.78, 5) is 0. The second kappa shape index (κ2) is 6.48. The molecule has 1 unspecified atom stereocenters. The fourth-order valence-corrected chi connectivity index (χ4v) is 2.21. The molecule has 1 N–H and O–H groups in total. The van der Waals surface area contributed by atoms with Gasteiger partial charge in [0, 0.05) is 6.04 Å². The number of hydrogen-bond donors (Lipinski definition) is 1. The quantitative estimate of drug-likeness (QED) is 0.852. The minimum absolute atomic E-state index is 0.181. The molecular weight excluding hydrogens is 237 g/mol. The topological polar surface area (TPSA) is 12.0 Å². The lowest BCUT2D eigenvalue weighted by Gasteiger charge is -2.18. The van der Waals surface area contributed by atoms with Gasteiger partial charge in [0.15, 0.2) is 0 Å². The van der Waals surface area contributed by atoms with Crippen molar-refractivity contribution in [3.05, 3.63) is 71.0 Å². The van der Waals surface area contributed by atoms with E-state index in [2.05, 4.69) is 43.4 Å². The van der Waals surface area contributed by atoms with Crippen LogP contribution >= 0.6 is 0 Å². The van der Waals surface area contributed by atoms with Gasteiger partial charge in [0.05, 0.1) is 0 Å². The molecule has 0 amide bonds. The Labute approximate surface area is 114 Å². The van der Waals surface area contributed by atoms with E-state index < -0.39 is 0 Å².